The Kier molecular flexibility index (Phi) is 2.09. The van der Waals surface area contributed by atoms with Gasteiger partial charge in [0.05, 0.1) is 15.1 Å². The molecule has 1 aromatic heterocycles. The van der Waals surface area contributed by atoms with Crippen molar-refractivity contribution in [1.82, 2.24) is 4.98 Å². The number of carboxylic acids is 1. The molecule has 2 rings (SSSR count). The zero-order chi connectivity index (χ0) is 11.0. The van der Waals surface area contributed by atoms with E-state index in [9.17, 15) is 14.9 Å². The van der Waals surface area contributed by atoms with Crippen LogP contribution in [0.5, 0.6) is 0 Å². The van der Waals surface area contributed by atoms with Crippen molar-refractivity contribution in [3.63, 3.8) is 0 Å². The second-order valence-electron chi connectivity index (χ2n) is 2.73. The average molecular weight is 224 g/mol. The second kappa shape index (κ2) is 3.28. The number of hydrogen-bond acceptors (Lipinski definition) is 5. The zero-order valence-corrected chi connectivity index (χ0v) is 8.02. The van der Waals surface area contributed by atoms with Crippen molar-refractivity contribution in [2.45, 2.75) is 0 Å². The predicted octanol–water partition coefficient (Wildman–Crippen LogP) is 1.90. The molecule has 0 aliphatic carbocycles. The van der Waals surface area contributed by atoms with Gasteiger partial charge in [0.15, 0.2) is 0 Å². The van der Waals surface area contributed by atoms with Crippen LogP contribution in [0.4, 0.5) is 5.69 Å². The summed E-state index contributed by atoms with van der Waals surface area (Å²) in [6, 6.07) is 4.09. The van der Waals surface area contributed by atoms with E-state index in [4.69, 9.17) is 5.11 Å². The van der Waals surface area contributed by atoms with Gasteiger partial charge in [-0.1, -0.05) is 0 Å². The topological polar surface area (TPSA) is 93.3 Å². The summed E-state index contributed by atoms with van der Waals surface area (Å²) in [5, 5.41) is 19.1. The molecule has 0 unspecified atom stereocenters. The summed E-state index contributed by atoms with van der Waals surface area (Å²) < 4.78 is 0.623. The molecule has 76 valence electrons. The van der Waals surface area contributed by atoms with E-state index in [0.717, 1.165) is 11.3 Å². The van der Waals surface area contributed by atoms with Crippen molar-refractivity contribution in [1.29, 1.82) is 0 Å². The number of fused-ring (bicyclic) bond motifs is 1. The maximum atomic E-state index is 10.6. The minimum Gasteiger partial charge on any atom is -0.476 e. The van der Waals surface area contributed by atoms with Crippen molar-refractivity contribution in [3.8, 4) is 0 Å². The van der Waals surface area contributed by atoms with Crippen molar-refractivity contribution in [2.75, 3.05) is 0 Å². The molecule has 1 aromatic carbocycles. The van der Waals surface area contributed by atoms with E-state index in [1.54, 1.807) is 0 Å². The number of aromatic nitrogens is 1. The van der Waals surface area contributed by atoms with Crippen LogP contribution in [0.1, 0.15) is 9.80 Å². The van der Waals surface area contributed by atoms with E-state index < -0.39 is 10.9 Å². The fourth-order valence-corrected chi connectivity index (χ4v) is 1.91. The van der Waals surface area contributed by atoms with Crippen molar-refractivity contribution >= 4 is 33.2 Å². The Morgan fingerprint density at radius 2 is 2.27 bits per heavy atom. The number of nitro groups is 1. The van der Waals surface area contributed by atoms with Crippen LogP contribution in [-0.2, 0) is 0 Å². The Morgan fingerprint density at radius 1 is 1.53 bits per heavy atom. The molecule has 0 aliphatic rings. The van der Waals surface area contributed by atoms with Gasteiger partial charge < -0.3 is 5.11 Å². The summed E-state index contributed by atoms with van der Waals surface area (Å²) in [6.45, 7) is 0. The summed E-state index contributed by atoms with van der Waals surface area (Å²) >= 11 is 0.993. The lowest BCUT2D eigenvalue weighted by molar-refractivity contribution is -0.384. The van der Waals surface area contributed by atoms with Gasteiger partial charge in [-0.15, -0.1) is 11.3 Å². The maximum Gasteiger partial charge on any atom is 0.365 e. The average Bonchev–Trinajstić information content (AvgIpc) is 2.59. The number of aromatic carboxylic acids is 1. The van der Waals surface area contributed by atoms with Crippen molar-refractivity contribution in [2.24, 2.45) is 0 Å². The third-order valence-electron chi connectivity index (χ3n) is 1.76. The van der Waals surface area contributed by atoms with E-state index in [-0.39, 0.29) is 10.7 Å². The van der Waals surface area contributed by atoms with Gasteiger partial charge in [-0.25, -0.2) is 9.78 Å². The molecular weight excluding hydrogens is 220 g/mol. The summed E-state index contributed by atoms with van der Waals surface area (Å²) in [5.41, 5.74) is 0.247. The van der Waals surface area contributed by atoms with Crippen LogP contribution in [0, 0.1) is 10.1 Å². The highest BCUT2D eigenvalue weighted by atomic mass is 32.1. The molecule has 0 aliphatic heterocycles. The molecule has 0 saturated heterocycles. The van der Waals surface area contributed by atoms with Gasteiger partial charge in [-0.05, 0) is 6.07 Å². The molecular formula is C8H4N2O4S. The molecule has 2 aromatic rings. The molecule has 0 spiro atoms. The van der Waals surface area contributed by atoms with Crippen molar-refractivity contribution < 1.29 is 14.8 Å². The molecule has 0 atom stereocenters. The number of nitro benzene ring substituents is 1. The Morgan fingerprint density at radius 3 is 2.87 bits per heavy atom. The highest BCUT2D eigenvalue weighted by Crippen LogP contribution is 2.25. The number of carbonyl (C=O) groups is 1. The van der Waals surface area contributed by atoms with Crippen LogP contribution in [0.25, 0.3) is 10.2 Å². The first-order valence-electron chi connectivity index (χ1n) is 3.86. The fraction of sp³-hybridized carbons (Fsp3) is 0. The standard InChI is InChI=1S/C8H4N2O4S/c11-8(12)7-9-5-3-4(10(13)14)1-2-6(5)15-7/h1-3H,(H,11,12). The molecule has 0 fully saturated rings. The van der Waals surface area contributed by atoms with E-state index in [0.29, 0.717) is 10.2 Å². The molecule has 0 bridgehead atoms. The quantitative estimate of drug-likeness (QED) is 0.621. The minimum absolute atomic E-state index is 0.0644. The van der Waals surface area contributed by atoms with E-state index in [1.807, 2.05) is 0 Å². The third-order valence-corrected chi connectivity index (χ3v) is 2.79. The molecule has 15 heavy (non-hydrogen) atoms. The lowest BCUT2D eigenvalue weighted by Crippen LogP contribution is -1.93. The first-order chi connectivity index (χ1) is 7.08. The molecule has 6 nitrogen and oxygen atoms in total. The van der Waals surface area contributed by atoms with Crippen LogP contribution in [-0.4, -0.2) is 21.0 Å². The van der Waals surface area contributed by atoms with Crippen LogP contribution in [0.15, 0.2) is 18.2 Å². The van der Waals surface area contributed by atoms with Gasteiger partial charge in [-0.3, -0.25) is 10.1 Å². The Bertz CT molecular complexity index is 551. The fourth-order valence-electron chi connectivity index (χ4n) is 1.12. The normalized spacial score (nSPS) is 10.4. The van der Waals surface area contributed by atoms with Crippen LogP contribution in [0.3, 0.4) is 0 Å². The lowest BCUT2D eigenvalue weighted by Gasteiger charge is -1.88. The molecule has 1 N–H and O–H groups in total. The summed E-state index contributed by atoms with van der Waals surface area (Å²) in [6.07, 6.45) is 0. The van der Waals surface area contributed by atoms with Gasteiger partial charge in [0.1, 0.15) is 0 Å². The Hall–Kier alpha value is -2.02. The van der Waals surface area contributed by atoms with Gasteiger partial charge in [0.2, 0.25) is 5.01 Å². The number of non-ortho nitro benzene ring substituents is 1. The number of hydrogen-bond donors (Lipinski definition) is 1. The van der Waals surface area contributed by atoms with Crippen LogP contribution >= 0.6 is 11.3 Å². The van der Waals surface area contributed by atoms with E-state index in [1.165, 1.54) is 18.2 Å². The number of benzene rings is 1. The predicted molar refractivity (Wildman–Crippen MR) is 53.2 cm³/mol. The van der Waals surface area contributed by atoms with Gasteiger partial charge >= 0.3 is 5.97 Å². The molecule has 0 amide bonds. The van der Waals surface area contributed by atoms with Gasteiger partial charge in [0, 0.05) is 12.1 Å². The van der Waals surface area contributed by atoms with Crippen molar-refractivity contribution in [3.05, 3.63) is 33.3 Å². The minimum atomic E-state index is -1.13. The first-order valence-corrected chi connectivity index (χ1v) is 4.68. The van der Waals surface area contributed by atoms with Crippen LogP contribution in [0.2, 0.25) is 0 Å². The molecule has 1 heterocycles. The highest BCUT2D eigenvalue weighted by molar-refractivity contribution is 7.20. The molecule has 0 saturated carbocycles. The summed E-state index contributed by atoms with van der Waals surface area (Å²) in [7, 11) is 0. The molecule has 7 heteroatoms. The summed E-state index contributed by atoms with van der Waals surface area (Å²) in [5.74, 6) is -1.13. The number of carboxylic acid groups (broad SMARTS) is 1. The third kappa shape index (κ3) is 1.64. The number of rotatable bonds is 2. The lowest BCUT2D eigenvalue weighted by atomic mass is 10.3. The van der Waals surface area contributed by atoms with Gasteiger partial charge in [0.25, 0.3) is 5.69 Å². The van der Waals surface area contributed by atoms with Gasteiger partial charge in [-0.2, -0.15) is 0 Å². The summed E-state index contributed by atoms with van der Waals surface area (Å²) in [4.78, 5) is 24.3. The van der Waals surface area contributed by atoms with E-state index >= 15 is 0 Å². The molecule has 0 radical (unpaired) electrons. The van der Waals surface area contributed by atoms with Crippen LogP contribution < -0.4 is 0 Å². The first kappa shape index (κ1) is 9.53. The zero-order valence-electron chi connectivity index (χ0n) is 7.21. The smallest absolute Gasteiger partial charge is 0.365 e. The van der Waals surface area contributed by atoms with E-state index in [2.05, 4.69) is 4.98 Å². The Labute approximate surface area is 86.9 Å². The second-order valence-corrected chi connectivity index (χ2v) is 3.76. The number of thiazole rings is 1. The Balaban J connectivity index is 2.62. The SMILES string of the molecule is O=C(O)c1nc2cc([N+](=O)[O-])ccc2s1. The highest BCUT2D eigenvalue weighted by Gasteiger charge is 2.13. The monoisotopic (exact) mass is 224 g/mol. The maximum absolute atomic E-state index is 10.6. The largest absolute Gasteiger partial charge is 0.476 e. The number of nitrogens with zero attached hydrogens (tertiary/aromatic N) is 2.